The molecule has 2 aromatic rings. The van der Waals surface area contributed by atoms with E-state index in [0.717, 1.165) is 17.4 Å². The van der Waals surface area contributed by atoms with Gasteiger partial charge in [0.05, 0.1) is 17.2 Å². The zero-order valence-electron chi connectivity index (χ0n) is 19.8. The smallest absolute Gasteiger partial charge is 0.321 e. The molecule has 3 saturated heterocycles. The van der Waals surface area contributed by atoms with Crippen LogP contribution in [0.5, 0.6) is 0 Å². The second-order valence-corrected chi connectivity index (χ2v) is 10.1. The van der Waals surface area contributed by atoms with Crippen LogP contribution in [-0.4, -0.2) is 83.5 Å². The van der Waals surface area contributed by atoms with E-state index in [-0.39, 0.29) is 17.5 Å². The van der Waals surface area contributed by atoms with Gasteiger partial charge in [-0.2, -0.15) is 4.98 Å². The fourth-order valence-electron chi connectivity index (χ4n) is 4.72. The highest BCUT2D eigenvalue weighted by Crippen LogP contribution is 2.34. The molecule has 36 heavy (non-hydrogen) atoms. The number of anilines is 3. The van der Waals surface area contributed by atoms with Crippen LogP contribution in [0.3, 0.4) is 0 Å². The van der Waals surface area contributed by atoms with Gasteiger partial charge in [-0.25, -0.2) is 9.78 Å². The highest BCUT2D eigenvalue weighted by molar-refractivity contribution is 8.18. The maximum absolute atomic E-state index is 12.7. The molecule has 0 bridgehead atoms. The maximum atomic E-state index is 12.7. The number of likely N-dealkylation sites (tertiary alicyclic amines) is 1. The first kappa shape index (κ1) is 24.1. The van der Waals surface area contributed by atoms with Gasteiger partial charge in [0.25, 0.3) is 11.1 Å². The number of amides is 4. The van der Waals surface area contributed by atoms with Gasteiger partial charge in [-0.1, -0.05) is 18.2 Å². The van der Waals surface area contributed by atoms with Crippen molar-refractivity contribution < 1.29 is 19.5 Å². The minimum Gasteiger partial charge on any atom is -0.395 e. The quantitative estimate of drug-likeness (QED) is 0.499. The number of hydrogen-bond acceptors (Lipinski definition) is 9. The number of imide groups is 1. The third kappa shape index (κ3) is 5.14. The van der Waals surface area contributed by atoms with E-state index in [9.17, 15) is 19.5 Å². The lowest BCUT2D eigenvalue weighted by Gasteiger charge is -2.24. The number of fused-ring (bicyclic) bond motifs is 1. The van der Waals surface area contributed by atoms with Gasteiger partial charge in [0, 0.05) is 63.4 Å². The van der Waals surface area contributed by atoms with Gasteiger partial charge in [0.2, 0.25) is 5.95 Å². The Labute approximate surface area is 212 Å². The average molecular weight is 510 g/mol. The number of nitrogens with zero attached hydrogens (tertiary/aromatic N) is 5. The van der Waals surface area contributed by atoms with E-state index in [1.54, 1.807) is 12.1 Å². The Morgan fingerprint density at radius 1 is 1.19 bits per heavy atom. The standard InChI is InChI=1S/C24H27N7O4S/c1-29(7-8-32)20-10-18(9-19-21(33)28-24(35)36-19)25-22(27-20)30-11-15-13-31(14-16(15)12-30)23(34)26-17-5-3-2-4-6-17/h2-6,9-10,15-16,32H,7-8,11-14H2,1H3,(H,26,34)(H,28,33,35)/b19-9+. The zero-order valence-corrected chi connectivity index (χ0v) is 20.6. The largest absolute Gasteiger partial charge is 0.395 e. The van der Waals surface area contributed by atoms with Crippen molar-refractivity contribution in [3.05, 3.63) is 47.0 Å². The number of carbonyl (C=O) groups excluding carboxylic acids is 3. The molecule has 3 N–H and O–H groups in total. The van der Waals surface area contributed by atoms with Crippen LogP contribution >= 0.6 is 11.8 Å². The number of benzene rings is 1. The highest BCUT2D eigenvalue weighted by Gasteiger charge is 2.42. The molecule has 2 unspecified atom stereocenters. The molecule has 3 fully saturated rings. The molecular formula is C24H27N7O4S. The minimum absolute atomic E-state index is 0.0340. The summed E-state index contributed by atoms with van der Waals surface area (Å²) in [6, 6.07) is 11.1. The molecule has 3 aliphatic heterocycles. The molecule has 1 aromatic carbocycles. The second-order valence-electron chi connectivity index (χ2n) is 9.07. The van der Waals surface area contributed by atoms with Crippen LogP contribution in [-0.2, 0) is 4.79 Å². The third-order valence-corrected chi connectivity index (χ3v) is 7.36. The van der Waals surface area contributed by atoms with Crippen LogP contribution in [0.15, 0.2) is 41.3 Å². The number of aliphatic hydroxyl groups is 1. The van der Waals surface area contributed by atoms with Crippen LogP contribution in [0.2, 0.25) is 0 Å². The molecule has 5 rings (SSSR count). The summed E-state index contributed by atoms with van der Waals surface area (Å²) in [4.78, 5) is 51.7. The van der Waals surface area contributed by atoms with Gasteiger partial charge < -0.3 is 25.1 Å². The zero-order chi connectivity index (χ0) is 25.2. The molecule has 11 nitrogen and oxygen atoms in total. The van der Waals surface area contributed by atoms with E-state index >= 15 is 0 Å². The summed E-state index contributed by atoms with van der Waals surface area (Å²) in [6.45, 7) is 3.07. The number of thioether (sulfide) groups is 1. The van der Waals surface area contributed by atoms with Crippen molar-refractivity contribution in [2.24, 2.45) is 11.8 Å². The summed E-state index contributed by atoms with van der Waals surface area (Å²) in [5.74, 6) is 1.28. The van der Waals surface area contributed by atoms with Crippen LogP contribution in [0.25, 0.3) is 6.08 Å². The molecule has 3 aliphatic rings. The predicted molar refractivity (Wildman–Crippen MR) is 138 cm³/mol. The summed E-state index contributed by atoms with van der Waals surface area (Å²) >= 11 is 0.839. The Hall–Kier alpha value is -3.64. The van der Waals surface area contributed by atoms with Crippen LogP contribution in [0.4, 0.5) is 27.0 Å². The van der Waals surface area contributed by atoms with Gasteiger partial charge in [0.15, 0.2) is 0 Å². The highest BCUT2D eigenvalue weighted by atomic mass is 32.2. The maximum Gasteiger partial charge on any atom is 0.321 e. The minimum atomic E-state index is -0.444. The summed E-state index contributed by atoms with van der Waals surface area (Å²) < 4.78 is 0. The number of carbonyl (C=O) groups is 3. The first-order valence-electron chi connectivity index (χ1n) is 11.7. The fraction of sp³-hybridized carbons (Fsp3) is 0.375. The van der Waals surface area contributed by atoms with E-state index in [2.05, 4.69) is 20.5 Å². The van der Waals surface area contributed by atoms with Crippen molar-refractivity contribution in [1.29, 1.82) is 0 Å². The summed E-state index contributed by atoms with van der Waals surface area (Å²) in [5, 5.41) is 14.2. The second kappa shape index (κ2) is 10.2. The van der Waals surface area contributed by atoms with Gasteiger partial charge in [-0.15, -0.1) is 0 Å². The van der Waals surface area contributed by atoms with E-state index in [1.807, 2.05) is 47.2 Å². The van der Waals surface area contributed by atoms with Crippen molar-refractivity contribution in [3.8, 4) is 0 Å². The number of aliphatic hydroxyl groups excluding tert-OH is 1. The van der Waals surface area contributed by atoms with Crippen molar-refractivity contribution >= 4 is 52.5 Å². The van der Waals surface area contributed by atoms with E-state index < -0.39 is 11.1 Å². The van der Waals surface area contributed by atoms with Crippen molar-refractivity contribution in [3.63, 3.8) is 0 Å². The van der Waals surface area contributed by atoms with Gasteiger partial charge in [-0.3, -0.25) is 14.9 Å². The Morgan fingerprint density at radius 3 is 2.56 bits per heavy atom. The Bertz CT molecular complexity index is 1190. The predicted octanol–water partition coefficient (Wildman–Crippen LogP) is 1.83. The SMILES string of the molecule is CN(CCO)c1cc(/C=C2/SC(=O)NC2=O)nc(N2CC3CN(C(=O)Nc4ccccc4)CC3C2)n1. The molecule has 0 aliphatic carbocycles. The monoisotopic (exact) mass is 509 g/mol. The Morgan fingerprint density at radius 2 is 1.92 bits per heavy atom. The Kier molecular flexibility index (Phi) is 6.79. The lowest BCUT2D eigenvalue weighted by Crippen LogP contribution is -2.36. The average Bonchev–Trinajstić information content (AvgIpc) is 3.53. The number of para-hydroxylation sites is 1. The molecular weight excluding hydrogens is 482 g/mol. The molecule has 0 saturated carbocycles. The van der Waals surface area contributed by atoms with Crippen LogP contribution < -0.4 is 20.4 Å². The fourth-order valence-corrected chi connectivity index (χ4v) is 5.38. The topological polar surface area (TPSA) is 131 Å². The molecule has 188 valence electrons. The number of urea groups is 1. The lowest BCUT2D eigenvalue weighted by molar-refractivity contribution is -0.115. The van der Waals surface area contributed by atoms with Gasteiger partial charge in [0.1, 0.15) is 5.82 Å². The molecule has 12 heteroatoms. The molecule has 2 atom stereocenters. The van der Waals surface area contributed by atoms with E-state index in [4.69, 9.17) is 4.98 Å². The molecule has 0 spiro atoms. The van der Waals surface area contributed by atoms with E-state index in [0.29, 0.717) is 62.0 Å². The Balaban J connectivity index is 1.31. The van der Waals surface area contributed by atoms with Crippen LogP contribution in [0, 0.1) is 11.8 Å². The molecule has 4 amide bonds. The lowest BCUT2D eigenvalue weighted by atomic mass is 10.0. The first-order valence-corrected chi connectivity index (χ1v) is 12.5. The normalized spacial score (nSPS) is 22.2. The van der Waals surface area contributed by atoms with Crippen molar-refractivity contribution in [2.75, 3.05) is 61.5 Å². The van der Waals surface area contributed by atoms with Crippen LogP contribution in [0.1, 0.15) is 5.69 Å². The number of likely N-dealkylation sites (N-methyl/N-ethyl adjacent to an activating group) is 1. The number of aromatic nitrogens is 2. The summed E-state index contributed by atoms with van der Waals surface area (Å²) in [6.07, 6.45) is 1.58. The molecule has 1 aromatic heterocycles. The summed E-state index contributed by atoms with van der Waals surface area (Å²) in [7, 11) is 1.82. The molecule has 4 heterocycles. The summed E-state index contributed by atoms with van der Waals surface area (Å²) in [5.41, 5.74) is 1.28. The van der Waals surface area contributed by atoms with Gasteiger partial charge in [-0.05, 0) is 30.0 Å². The van der Waals surface area contributed by atoms with Gasteiger partial charge >= 0.3 is 6.03 Å². The molecule has 0 radical (unpaired) electrons. The number of rotatable bonds is 6. The van der Waals surface area contributed by atoms with Crippen molar-refractivity contribution in [2.45, 2.75) is 0 Å². The van der Waals surface area contributed by atoms with Crippen molar-refractivity contribution in [1.82, 2.24) is 20.2 Å². The third-order valence-electron chi connectivity index (χ3n) is 6.55. The van der Waals surface area contributed by atoms with E-state index in [1.165, 1.54) is 0 Å². The number of nitrogens with one attached hydrogen (secondary N) is 2. The number of hydrogen-bond donors (Lipinski definition) is 3. The first-order chi connectivity index (χ1) is 17.4.